The summed E-state index contributed by atoms with van der Waals surface area (Å²) < 4.78 is 29.8. The van der Waals surface area contributed by atoms with Gasteiger partial charge < -0.3 is 5.11 Å². The Balaban J connectivity index is 3.19. The average Bonchev–Trinajstić information content (AvgIpc) is 2.54. The topological polar surface area (TPSA) is 74.6 Å². The van der Waals surface area contributed by atoms with Gasteiger partial charge in [0.05, 0.1) is 11.9 Å². The summed E-state index contributed by atoms with van der Waals surface area (Å²) in [5.74, 6) is -0.103. The van der Waals surface area contributed by atoms with Crippen LogP contribution in [0.2, 0.25) is 0 Å². The van der Waals surface area contributed by atoms with Crippen molar-refractivity contribution in [3.05, 3.63) is 0 Å². The number of hydrogen-bond acceptors (Lipinski definition) is 3. The maximum Gasteiger partial charge on any atom is 0.264 e. The molecule has 0 aliphatic carbocycles. The van der Waals surface area contributed by atoms with Crippen LogP contribution in [0.4, 0.5) is 0 Å². The summed E-state index contributed by atoms with van der Waals surface area (Å²) in [5.41, 5.74) is 0. The molecule has 0 aromatic rings. The van der Waals surface area contributed by atoms with Crippen molar-refractivity contribution in [2.45, 2.75) is 122 Å². The van der Waals surface area contributed by atoms with Crippen LogP contribution in [0.5, 0.6) is 0 Å². The van der Waals surface area contributed by atoms with Crippen molar-refractivity contribution in [3.8, 4) is 0 Å². The van der Waals surface area contributed by atoms with Crippen molar-refractivity contribution in [1.82, 2.24) is 0 Å². The molecule has 5 heteroatoms. The molecule has 4 nitrogen and oxygen atoms in total. The van der Waals surface area contributed by atoms with Gasteiger partial charge >= 0.3 is 0 Å². The van der Waals surface area contributed by atoms with Crippen molar-refractivity contribution in [1.29, 1.82) is 0 Å². The quantitative estimate of drug-likeness (QED) is 0.217. The van der Waals surface area contributed by atoms with E-state index in [9.17, 15) is 13.5 Å². The molecule has 1 unspecified atom stereocenters. The third kappa shape index (κ3) is 21.8. The third-order valence-corrected chi connectivity index (χ3v) is 5.64. The van der Waals surface area contributed by atoms with Gasteiger partial charge in [-0.05, 0) is 19.3 Å². The maximum absolute atomic E-state index is 10.6. The Kier molecular flexibility index (Phi) is 17.2. The van der Waals surface area contributed by atoms with E-state index in [0.717, 1.165) is 38.5 Å². The fourth-order valence-corrected chi connectivity index (χ4v) is 3.78. The monoisotopic (exact) mass is 378 g/mol. The highest BCUT2D eigenvalue weighted by Gasteiger charge is 2.04. The number of hydrogen-bond donors (Lipinski definition) is 2. The van der Waals surface area contributed by atoms with Gasteiger partial charge in [-0.15, -0.1) is 0 Å². The summed E-state index contributed by atoms with van der Waals surface area (Å²) in [4.78, 5) is 0. The Morgan fingerprint density at radius 3 is 1.40 bits per heavy atom. The summed E-state index contributed by atoms with van der Waals surface area (Å²) in [6.07, 6.45) is 19.2. The lowest BCUT2D eigenvalue weighted by Gasteiger charge is -2.10. The van der Waals surface area contributed by atoms with E-state index in [2.05, 4.69) is 6.92 Å². The fourth-order valence-electron chi connectivity index (χ4n) is 3.21. The van der Waals surface area contributed by atoms with Crippen molar-refractivity contribution >= 4 is 10.1 Å². The van der Waals surface area contributed by atoms with Crippen molar-refractivity contribution in [2.24, 2.45) is 0 Å². The van der Waals surface area contributed by atoms with Crippen LogP contribution in [0.15, 0.2) is 0 Å². The van der Waals surface area contributed by atoms with Crippen molar-refractivity contribution in [3.63, 3.8) is 0 Å². The first-order chi connectivity index (χ1) is 12.0. The highest BCUT2D eigenvalue weighted by molar-refractivity contribution is 7.85. The molecule has 0 aliphatic rings. The maximum atomic E-state index is 10.6. The molecule has 1 atom stereocenters. The molecule has 0 bridgehead atoms. The molecule has 0 fully saturated rings. The number of rotatable bonds is 19. The van der Waals surface area contributed by atoms with E-state index < -0.39 is 10.1 Å². The summed E-state index contributed by atoms with van der Waals surface area (Å²) in [6, 6.07) is 0. The van der Waals surface area contributed by atoms with Crippen molar-refractivity contribution < 1.29 is 18.1 Å². The smallest absolute Gasteiger partial charge is 0.264 e. The second-order valence-corrected chi connectivity index (χ2v) is 9.04. The molecular formula is C20H42O4S. The normalized spacial score (nSPS) is 13.2. The first-order valence-corrected chi connectivity index (χ1v) is 12.2. The SMILES string of the molecule is CCCCCCCCC(O)CCCCCCCCCCCS(=O)(=O)O. The Morgan fingerprint density at radius 1 is 0.640 bits per heavy atom. The average molecular weight is 379 g/mol. The molecule has 0 heterocycles. The van der Waals surface area contributed by atoms with E-state index in [4.69, 9.17) is 4.55 Å². The second kappa shape index (κ2) is 17.3. The van der Waals surface area contributed by atoms with Crippen LogP contribution in [0.25, 0.3) is 0 Å². The molecule has 0 aromatic carbocycles. The Labute approximate surface area is 156 Å². The fraction of sp³-hybridized carbons (Fsp3) is 1.00. The lowest BCUT2D eigenvalue weighted by Crippen LogP contribution is -2.05. The lowest BCUT2D eigenvalue weighted by atomic mass is 10.0. The van der Waals surface area contributed by atoms with E-state index in [-0.39, 0.29) is 11.9 Å². The highest BCUT2D eigenvalue weighted by Crippen LogP contribution is 2.15. The van der Waals surface area contributed by atoms with E-state index in [1.165, 1.54) is 64.2 Å². The highest BCUT2D eigenvalue weighted by atomic mass is 32.2. The Hall–Kier alpha value is -0.130. The largest absolute Gasteiger partial charge is 0.393 e. The molecule has 2 N–H and O–H groups in total. The van der Waals surface area contributed by atoms with Gasteiger partial charge in [0.1, 0.15) is 0 Å². The Morgan fingerprint density at radius 2 is 1.00 bits per heavy atom. The summed E-state index contributed by atoms with van der Waals surface area (Å²) in [6.45, 7) is 2.23. The van der Waals surface area contributed by atoms with Crippen LogP contribution < -0.4 is 0 Å². The van der Waals surface area contributed by atoms with Crippen LogP contribution in [-0.2, 0) is 10.1 Å². The first-order valence-electron chi connectivity index (χ1n) is 10.6. The summed E-state index contributed by atoms with van der Waals surface area (Å²) >= 11 is 0. The zero-order valence-electron chi connectivity index (χ0n) is 16.4. The van der Waals surface area contributed by atoms with Crippen molar-refractivity contribution in [2.75, 3.05) is 5.75 Å². The predicted octanol–water partition coefficient (Wildman–Crippen LogP) is 5.89. The van der Waals surface area contributed by atoms with Gasteiger partial charge in [0, 0.05) is 0 Å². The standard InChI is InChI=1S/C20H42O4S/c1-2-3-4-5-11-14-17-20(21)18-15-12-9-7-6-8-10-13-16-19-25(22,23)24/h20-21H,2-19H2,1H3,(H,22,23,24). The zero-order chi connectivity index (χ0) is 18.8. The lowest BCUT2D eigenvalue weighted by molar-refractivity contribution is 0.147. The molecule has 25 heavy (non-hydrogen) atoms. The molecule has 0 aliphatic heterocycles. The van der Waals surface area contributed by atoms with Gasteiger partial charge in [-0.1, -0.05) is 96.8 Å². The summed E-state index contributed by atoms with van der Waals surface area (Å²) in [5, 5.41) is 9.97. The minimum Gasteiger partial charge on any atom is -0.393 e. The molecule has 0 saturated carbocycles. The van der Waals surface area contributed by atoms with Gasteiger partial charge in [-0.3, -0.25) is 4.55 Å². The number of aliphatic hydroxyl groups is 1. The van der Waals surface area contributed by atoms with E-state index in [1.54, 1.807) is 0 Å². The first kappa shape index (κ1) is 24.9. The summed E-state index contributed by atoms with van der Waals surface area (Å²) in [7, 11) is -3.77. The van der Waals surface area contributed by atoms with Gasteiger partial charge in [0.25, 0.3) is 10.1 Å². The van der Waals surface area contributed by atoms with Crippen LogP contribution >= 0.6 is 0 Å². The molecule has 0 spiro atoms. The van der Waals surface area contributed by atoms with Gasteiger partial charge in [-0.25, -0.2) is 0 Å². The van der Waals surface area contributed by atoms with Gasteiger partial charge in [-0.2, -0.15) is 8.42 Å². The molecule has 0 amide bonds. The van der Waals surface area contributed by atoms with Crippen LogP contribution in [0.1, 0.15) is 116 Å². The predicted molar refractivity (Wildman–Crippen MR) is 107 cm³/mol. The minimum atomic E-state index is -3.77. The number of unbranched alkanes of at least 4 members (excludes halogenated alkanes) is 13. The third-order valence-electron chi connectivity index (χ3n) is 4.83. The van der Waals surface area contributed by atoms with E-state index in [0.29, 0.717) is 6.42 Å². The van der Waals surface area contributed by atoms with Gasteiger partial charge in [0.15, 0.2) is 0 Å². The molecule has 152 valence electrons. The van der Waals surface area contributed by atoms with Crippen LogP contribution in [0.3, 0.4) is 0 Å². The Bertz CT molecular complexity index is 368. The van der Waals surface area contributed by atoms with Crippen LogP contribution in [0, 0.1) is 0 Å². The zero-order valence-corrected chi connectivity index (χ0v) is 17.2. The van der Waals surface area contributed by atoms with E-state index in [1.807, 2.05) is 0 Å². The molecule has 0 aromatic heterocycles. The second-order valence-electron chi connectivity index (χ2n) is 7.47. The number of aliphatic hydroxyl groups excluding tert-OH is 1. The molecular weight excluding hydrogens is 336 g/mol. The molecule has 0 saturated heterocycles. The molecule has 0 radical (unpaired) electrons. The molecule has 0 rings (SSSR count). The van der Waals surface area contributed by atoms with Gasteiger partial charge in [0.2, 0.25) is 0 Å². The minimum absolute atomic E-state index is 0.103. The van der Waals surface area contributed by atoms with E-state index >= 15 is 0 Å². The van der Waals surface area contributed by atoms with Crippen LogP contribution in [-0.4, -0.2) is 29.9 Å².